The van der Waals surface area contributed by atoms with Crippen molar-refractivity contribution in [3.8, 4) is 5.69 Å². The number of hydrogen-bond acceptors (Lipinski definition) is 3. The molecule has 1 aromatic heterocycles. The van der Waals surface area contributed by atoms with Crippen LogP contribution in [0.25, 0.3) is 5.69 Å². The first-order valence-corrected chi connectivity index (χ1v) is 9.44. The fourth-order valence-electron chi connectivity index (χ4n) is 3.31. The molecule has 1 fully saturated rings. The molecule has 2 heterocycles. The van der Waals surface area contributed by atoms with Gasteiger partial charge in [-0.25, -0.2) is 14.4 Å². The summed E-state index contributed by atoms with van der Waals surface area (Å²) >= 11 is 0. The van der Waals surface area contributed by atoms with Crippen molar-refractivity contribution in [1.82, 2.24) is 19.8 Å². The van der Waals surface area contributed by atoms with Crippen LogP contribution in [0.2, 0.25) is 0 Å². The maximum absolute atomic E-state index is 14.6. The number of halogens is 2. The minimum Gasteiger partial charge on any atom is -0.381 e. The van der Waals surface area contributed by atoms with Crippen LogP contribution < -0.4 is 5.32 Å². The Kier molecular flexibility index (Phi) is 8.68. The molecule has 0 saturated carbocycles. The monoisotopic (exact) mass is 501 g/mol. The van der Waals surface area contributed by atoms with E-state index < -0.39 is 0 Å². The van der Waals surface area contributed by atoms with Crippen molar-refractivity contribution in [3.63, 3.8) is 0 Å². The molecule has 1 saturated heterocycles. The second-order valence-electron chi connectivity index (χ2n) is 6.91. The van der Waals surface area contributed by atoms with Gasteiger partial charge in [-0.3, -0.25) is 0 Å². The maximum atomic E-state index is 14.6. The first-order valence-electron chi connectivity index (χ1n) is 9.44. The summed E-state index contributed by atoms with van der Waals surface area (Å²) < 4.78 is 21.8. The predicted octanol–water partition coefficient (Wildman–Crippen LogP) is 3.37. The fourth-order valence-corrected chi connectivity index (χ4v) is 3.31. The molecule has 0 aliphatic carbocycles. The van der Waals surface area contributed by atoms with Gasteiger partial charge in [0.05, 0.1) is 18.8 Å². The number of imidazole rings is 1. The number of guanidine groups is 1. The Balaban J connectivity index is 0.00000280. The van der Waals surface area contributed by atoms with Crippen LogP contribution >= 0.6 is 24.0 Å². The van der Waals surface area contributed by atoms with Crippen LogP contribution in [0.4, 0.5) is 4.39 Å². The number of aromatic nitrogens is 2. The van der Waals surface area contributed by atoms with Crippen molar-refractivity contribution in [2.45, 2.75) is 26.8 Å². The van der Waals surface area contributed by atoms with E-state index in [0.717, 1.165) is 50.1 Å². The largest absolute Gasteiger partial charge is 0.381 e. The van der Waals surface area contributed by atoms with Crippen molar-refractivity contribution in [2.75, 3.05) is 33.4 Å². The molecule has 1 atom stereocenters. The molecule has 1 N–H and O–H groups in total. The van der Waals surface area contributed by atoms with Crippen LogP contribution in [0.3, 0.4) is 0 Å². The van der Waals surface area contributed by atoms with Crippen molar-refractivity contribution < 1.29 is 9.13 Å². The van der Waals surface area contributed by atoms with E-state index in [4.69, 9.17) is 4.74 Å². The van der Waals surface area contributed by atoms with Crippen molar-refractivity contribution in [2.24, 2.45) is 10.9 Å². The smallest absolute Gasteiger partial charge is 0.193 e. The molecular weight excluding hydrogens is 472 g/mol. The summed E-state index contributed by atoms with van der Waals surface area (Å²) in [7, 11) is 2.03. The lowest BCUT2D eigenvalue weighted by Crippen LogP contribution is -2.41. The van der Waals surface area contributed by atoms with E-state index in [2.05, 4.69) is 20.2 Å². The van der Waals surface area contributed by atoms with E-state index in [1.807, 2.05) is 27.0 Å². The molecule has 0 amide bonds. The number of rotatable bonds is 6. The van der Waals surface area contributed by atoms with E-state index in [9.17, 15) is 4.39 Å². The summed E-state index contributed by atoms with van der Waals surface area (Å²) in [5.41, 5.74) is 1.34. The summed E-state index contributed by atoms with van der Waals surface area (Å²) in [6, 6.07) is 5.24. The van der Waals surface area contributed by atoms with Crippen molar-refractivity contribution in [1.29, 1.82) is 0 Å². The zero-order chi connectivity index (χ0) is 19.2. The molecule has 1 aliphatic rings. The van der Waals surface area contributed by atoms with Crippen LogP contribution in [0.5, 0.6) is 0 Å². The predicted molar refractivity (Wildman–Crippen MR) is 120 cm³/mol. The SMILES string of the molecule is CCNC(=NCc1ccc(-n2ccnc2C)c(F)c1)N(C)CC1CCOC1.I. The Labute approximate surface area is 183 Å². The van der Waals surface area contributed by atoms with Gasteiger partial charge >= 0.3 is 0 Å². The molecule has 8 heteroatoms. The van der Waals surface area contributed by atoms with Crippen LogP contribution in [-0.2, 0) is 11.3 Å². The lowest BCUT2D eigenvalue weighted by Gasteiger charge is -2.24. The van der Waals surface area contributed by atoms with Gasteiger partial charge in [-0.05, 0) is 38.0 Å². The Morgan fingerprint density at radius 3 is 2.89 bits per heavy atom. The Hall–Kier alpha value is -1.68. The highest BCUT2D eigenvalue weighted by Crippen LogP contribution is 2.18. The maximum Gasteiger partial charge on any atom is 0.193 e. The Morgan fingerprint density at radius 1 is 1.46 bits per heavy atom. The van der Waals surface area contributed by atoms with Gasteiger partial charge in [0.25, 0.3) is 0 Å². The normalized spacial score (nSPS) is 16.7. The van der Waals surface area contributed by atoms with Crippen LogP contribution in [-0.4, -0.2) is 53.8 Å². The van der Waals surface area contributed by atoms with E-state index in [1.54, 1.807) is 29.1 Å². The lowest BCUT2D eigenvalue weighted by molar-refractivity contribution is 0.181. The van der Waals surface area contributed by atoms with Gasteiger partial charge in [0.2, 0.25) is 0 Å². The van der Waals surface area contributed by atoms with Gasteiger partial charge in [-0.2, -0.15) is 0 Å². The van der Waals surface area contributed by atoms with Gasteiger partial charge in [0, 0.05) is 45.1 Å². The first kappa shape index (κ1) is 22.6. The summed E-state index contributed by atoms with van der Waals surface area (Å²) in [5.74, 6) is 1.85. The second kappa shape index (κ2) is 10.8. The summed E-state index contributed by atoms with van der Waals surface area (Å²) in [6.45, 7) is 7.67. The van der Waals surface area contributed by atoms with Gasteiger partial charge in [-0.1, -0.05) is 6.07 Å². The topological polar surface area (TPSA) is 54.7 Å². The van der Waals surface area contributed by atoms with Gasteiger partial charge in [-0.15, -0.1) is 24.0 Å². The highest BCUT2D eigenvalue weighted by atomic mass is 127. The van der Waals surface area contributed by atoms with Crippen molar-refractivity contribution in [3.05, 3.63) is 47.8 Å². The molecular formula is C20H29FIN5O. The molecule has 3 rings (SSSR count). The number of hydrogen-bond donors (Lipinski definition) is 1. The summed E-state index contributed by atoms with van der Waals surface area (Å²) in [4.78, 5) is 11.0. The third-order valence-electron chi connectivity index (χ3n) is 4.76. The second-order valence-corrected chi connectivity index (χ2v) is 6.91. The number of nitrogens with zero attached hydrogens (tertiary/aromatic N) is 4. The molecule has 1 aromatic carbocycles. The summed E-state index contributed by atoms with van der Waals surface area (Å²) in [5, 5.41) is 3.31. The first-order chi connectivity index (χ1) is 13.1. The molecule has 154 valence electrons. The highest BCUT2D eigenvalue weighted by molar-refractivity contribution is 14.0. The summed E-state index contributed by atoms with van der Waals surface area (Å²) in [6.07, 6.45) is 4.52. The minimum absolute atomic E-state index is 0. The Bertz CT molecular complexity index is 789. The average Bonchev–Trinajstić information content (AvgIpc) is 3.30. The van der Waals surface area contributed by atoms with Gasteiger partial charge in [0.15, 0.2) is 5.96 Å². The zero-order valence-electron chi connectivity index (χ0n) is 16.7. The third-order valence-corrected chi connectivity index (χ3v) is 4.76. The molecule has 6 nitrogen and oxygen atoms in total. The molecule has 0 bridgehead atoms. The Morgan fingerprint density at radius 2 is 2.29 bits per heavy atom. The molecule has 1 unspecified atom stereocenters. The highest BCUT2D eigenvalue weighted by Gasteiger charge is 2.19. The van der Waals surface area contributed by atoms with Crippen LogP contribution in [0.1, 0.15) is 24.7 Å². The molecule has 1 aliphatic heterocycles. The molecule has 0 radical (unpaired) electrons. The van der Waals surface area contributed by atoms with Gasteiger partial charge in [0.1, 0.15) is 11.6 Å². The quantitative estimate of drug-likeness (QED) is 0.375. The number of aryl methyl sites for hydroxylation is 1. The van der Waals surface area contributed by atoms with Gasteiger partial charge < -0.3 is 19.5 Å². The number of aliphatic imine (C=N–C) groups is 1. The average molecular weight is 501 g/mol. The lowest BCUT2D eigenvalue weighted by atomic mass is 10.1. The van der Waals surface area contributed by atoms with Crippen LogP contribution in [0, 0.1) is 18.7 Å². The number of benzene rings is 1. The van der Waals surface area contributed by atoms with E-state index >= 15 is 0 Å². The molecule has 2 aromatic rings. The number of ether oxygens (including phenoxy) is 1. The molecule has 0 spiro atoms. The van der Waals surface area contributed by atoms with E-state index in [1.165, 1.54) is 0 Å². The van der Waals surface area contributed by atoms with Crippen LogP contribution in [0.15, 0.2) is 35.6 Å². The van der Waals surface area contributed by atoms with E-state index in [0.29, 0.717) is 18.2 Å². The fraction of sp³-hybridized carbons (Fsp3) is 0.500. The third kappa shape index (κ3) is 5.66. The minimum atomic E-state index is -0.273. The van der Waals surface area contributed by atoms with Crippen molar-refractivity contribution >= 4 is 29.9 Å². The zero-order valence-corrected chi connectivity index (χ0v) is 19.0. The number of nitrogens with one attached hydrogen (secondary N) is 1. The van der Waals surface area contributed by atoms with E-state index in [-0.39, 0.29) is 29.8 Å². The standard InChI is InChI=1S/C20H28FN5O.HI/c1-4-22-20(25(3)13-17-7-10-27-14-17)24-12-16-5-6-19(18(21)11-16)26-9-8-23-15(26)2;/h5-6,8-9,11,17H,4,7,10,12-14H2,1-3H3,(H,22,24);1H. The molecule has 28 heavy (non-hydrogen) atoms.